The van der Waals surface area contributed by atoms with E-state index in [2.05, 4.69) is 4.90 Å². The summed E-state index contributed by atoms with van der Waals surface area (Å²) in [4.78, 5) is 12.7. The van der Waals surface area contributed by atoms with Crippen molar-refractivity contribution in [1.82, 2.24) is 4.90 Å². The molecule has 0 saturated carbocycles. The van der Waals surface area contributed by atoms with E-state index in [0.717, 1.165) is 0 Å². The van der Waals surface area contributed by atoms with Gasteiger partial charge >= 0.3 is 6.16 Å². The molecule has 1 aliphatic rings. The summed E-state index contributed by atoms with van der Waals surface area (Å²) in [7, 11) is 0. The first kappa shape index (κ1) is 17.2. The molecule has 1 rings (SSSR count). The van der Waals surface area contributed by atoms with Gasteiger partial charge in [0.15, 0.2) is 0 Å². The largest absolute Gasteiger partial charge is 0.505 e. The number of carboxylic acid groups (broad SMARTS) is 1. The Balaban J connectivity index is 2.85. The van der Waals surface area contributed by atoms with Crippen molar-refractivity contribution in [2.75, 3.05) is 13.2 Å². The molecular weight excluding hydrogens is 262 g/mol. The van der Waals surface area contributed by atoms with Crippen LogP contribution in [0.25, 0.3) is 0 Å². The van der Waals surface area contributed by atoms with Crippen LogP contribution in [0.5, 0.6) is 0 Å². The van der Waals surface area contributed by atoms with E-state index in [9.17, 15) is 9.90 Å². The maximum Gasteiger partial charge on any atom is 0.505 e. The minimum atomic E-state index is -1.28. The first-order valence-electron chi connectivity index (χ1n) is 7.07. The predicted octanol–water partition coefficient (Wildman–Crippen LogP) is 2.06. The molecule has 0 bridgehead atoms. The molecule has 1 aliphatic heterocycles. The average Bonchev–Trinajstić information content (AvgIpc) is 2.62. The maximum absolute atomic E-state index is 10.6. The van der Waals surface area contributed by atoms with E-state index >= 15 is 0 Å². The van der Waals surface area contributed by atoms with Crippen molar-refractivity contribution < 1.29 is 24.5 Å². The third-order valence-electron chi connectivity index (χ3n) is 3.79. The molecule has 2 N–H and O–H groups in total. The Morgan fingerprint density at radius 3 is 2.65 bits per heavy atom. The molecule has 0 radical (unpaired) electrons. The smallest absolute Gasteiger partial charge is 0.450 e. The van der Waals surface area contributed by atoms with Crippen molar-refractivity contribution in [3.05, 3.63) is 0 Å². The first-order valence-corrected chi connectivity index (χ1v) is 7.07. The summed E-state index contributed by atoms with van der Waals surface area (Å²) in [5.74, 6) is 0. The number of hydrogen-bond acceptors (Lipinski definition) is 5. The Hall–Kier alpha value is -0.850. The maximum atomic E-state index is 10.6. The molecule has 1 heterocycles. The van der Waals surface area contributed by atoms with E-state index in [4.69, 9.17) is 14.6 Å². The van der Waals surface area contributed by atoms with Gasteiger partial charge in [-0.1, -0.05) is 6.92 Å². The van der Waals surface area contributed by atoms with Crippen LogP contribution < -0.4 is 0 Å². The van der Waals surface area contributed by atoms with Crippen LogP contribution in [0.3, 0.4) is 0 Å². The highest BCUT2D eigenvalue weighted by atomic mass is 16.7. The summed E-state index contributed by atoms with van der Waals surface area (Å²) >= 11 is 0. The summed E-state index contributed by atoms with van der Waals surface area (Å²) in [6.07, 6.45) is -0.356. The van der Waals surface area contributed by atoms with E-state index < -0.39 is 17.4 Å². The molecule has 20 heavy (non-hydrogen) atoms. The first-order chi connectivity index (χ1) is 9.10. The Morgan fingerprint density at radius 2 is 2.15 bits per heavy atom. The summed E-state index contributed by atoms with van der Waals surface area (Å²) < 4.78 is 10.6. The third-order valence-corrected chi connectivity index (χ3v) is 3.79. The quantitative estimate of drug-likeness (QED) is 0.729. The highest BCUT2D eigenvalue weighted by molar-refractivity contribution is 5.56. The molecule has 1 fully saturated rings. The zero-order chi connectivity index (χ0) is 15.6. The van der Waals surface area contributed by atoms with E-state index in [-0.39, 0.29) is 18.8 Å². The van der Waals surface area contributed by atoms with Crippen LogP contribution in [0.15, 0.2) is 0 Å². The van der Waals surface area contributed by atoms with Gasteiger partial charge < -0.3 is 19.7 Å². The lowest BCUT2D eigenvalue weighted by atomic mass is 9.96. The van der Waals surface area contributed by atoms with E-state index in [0.29, 0.717) is 19.4 Å². The lowest BCUT2D eigenvalue weighted by Gasteiger charge is -2.45. The van der Waals surface area contributed by atoms with E-state index in [1.54, 1.807) is 0 Å². The fourth-order valence-electron chi connectivity index (χ4n) is 3.07. The predicted molar refractivity (Wildman–Crippen MR) is 74.6 cm³/mol. The van der Waals surface area contributed by atoms with Crippen LogP contribution in [-0.2, 0) is 9.47 Å². The third kappa shape index (κ3) is 4.07. The van der Waals surface area contributed by atoms with Crippen molar-refractivity contribution in [2.24, 2.45) is 0 Å². The summed E-state index contributed by atoms with van der Waals surface area (Å²) in [5, 5.41) is 18.6. The molecule has 0 aromatic heterocycles. The van der Waals surface area contributed by atoms with Gasteiger partial charge in [-0.05, 0) is 40.5 Å². The number of ether oxygens (including phenoxy) is 2. The van der Waals surface area contributed by atoms with Crippen molar-refractivity contribution >= 4 is 6.16 Å². The topological polar surface area (TPSA) is 79.2 Å². The monoisotopic (exact) mass is 289 g/mol. The molecule has 0 spiro atoms. The number of aliphatic hydroxyl groups is 1. The summed E-state index contributed by atoms with van der Waals surface area (Å²) in [6.45, 7) is 10.3. The Bertz CT molecular complexity index is 342. The van der Waals surface area contributed by atoms with Gasteiger partial charge in [-0.3, -0.25) is 4.90 Å². The lowest BCUT2D eigenvalue weighted by molar-refractivity contribution is -0.113. The normalized spacial score (nSPS) is 24.6. The van der Waals surface area contributed by atoms with Gasteiger partial charge in [-0.2, -0.15) is 0 Å². The fraction of sp³-hybridized carbons (Fsp3) is 0.929. The van der Waals surface area contributed by atoms with Crippen molar-refractivity contribution in [2.45, 2.75) is 70.9 Å². The van der Waals surface area contributed by atoms with Crippen molar-refractivity contribution in [3.8, 4) is 0 Å². The summed E-state index contributed by atoms with van der Waals surface area (Å²) in [5.41, 5.74) is -1.01. The molecule has 0 unspecified atom stereocenters. The van der Waals surface area contributed by atoms with Gasteiger partial charge in [-0.15, -0.1) is 0 Å². The number of nitrogens with zero attached hydrogens (tertiary/aromatic N) is 1. The highest BCUT2D eigenvalue weighted by Crippen LogP contribution is 2.36. The molecule has 0 aromatic rings. The van der Waals surface area contributed by atoms with Gasteiger partial charge in [0.25, 0.3) is 0 Å². The second kappa shape index (κ2) is 6.28. The highest BCUT2D eigenvalue weighted by Gasteiger charge is 2.48. The standard InChI is InChI=1S/C14H27NO5/c1-6-11(16)7-10-8-20-14(4,5)15(10)13(2,3)9-19-12(17)18/h10-11,16H,6-9H2,1-5H3,(H,17,18)/t10-,11-/m0/s1. The van der Waals surface area contributed by atoms with E-state index in [1.165, 1.54) is 0 Å². The van der Waals surface area contributed by atoms with Gasteiger partial charge in [0, 0.05) is 6.04 Å². The molecule has 0 aromatic carbocycles. The van der Waals surface area contributed by atoms with Crippen LogP contribution >= 0.6 is 0 Å². The molecule has 6 nitrogen and oxygen atoms in total. The second-order valence-electron chi connectivity index (χ2n) is 6.45. The van der Waals surface area contributed by atoms with Crippen LogP contribution in [0.4, 0.5) is 4.79 Å². The zero-order valence-electron chi connectivity index (χ0n) is 13.0. The molecular formula is C14H27NO5. The fourth-order valence-corrected chi connectivity index (χ4v) is 3.07. The minimum absolute atomic E-state index is 0.0485. The van der Waals surface area contributed by atoms with Crippen LogP contribution in [0.1, 0.15) is 47.5 Å². The Labute approximate surface area is 120 Å². The van der Waals surface area contributed by atoms with Crippen LogP contribution in [0.2, 0.25) is 0 Å². The van der Waals surface area contributed by atoms with Crippen molar-refractivity contribution in [1.29, 1.82) is 0 Å². The Kier molecular flexibility index (Phi) is 5.40. The number of carbonyl (C=O) groups is 1. The zero-order valence-corrected chi connectivity index (χ0v) is 13.0. The summed E-state index contributed by atoms with van der Waals surface area (Å²) in [6, 6.07) is 0.0485. The Morgan fingerprint density at radius 1 is 1.55 bits per heavy atom. The average molecular weight is 289 g/mol. The minimum Gasteiger partial charge on any atom is -0.450 e. The van der Waals surface area contributed by atoms with Crippen LogP contribution in [0, 0.1) is 0 Å². The van der Waals surface area contributed by atoms with Gasteiger partial charge in [-0.25, -0.2) is 4.79 Å². The molecule has 0 aliphatic carbocycles. The molecule has 2 atom stereocenters. The van der Waals surface area contributed by atoms with Gasteiger partial charge in [0.2, 0.25) is 0 Å². The second-order valence-corrected chi connectivity index (χ2v) is 6.45. The molecule has 118 valence electrons. The number of aliphatic hydroxyl groups excluding tert-OH is 1. The number of hydrogen-bond donors (Lipinski definition) is 2. The lowest BCUT2D eigenvalue weighted by Crippen LogP contribution is -2.58. The number of rotatable bonds is 6. The molecule has 0 amide bonds. The molecule has 6 heteroatoms. The van der Waals surface area contributed by atoms with Crippen molar-refractivity contribution in [3.63, 3.8) is 0 Å². The molecule has 1 saturated heterocycles. The van der Waals surface area contributed by atoms with E-state index in [1.807, 2.05) is 34.6 Å². The van der Waals surface area contributed by atoms with Gasteiger partial charge in [0.05, 0.1) is 18.2 Å². The SMILES string of the molecule is CC[C@H](O)C[C@H]1COC(C)(C)N1C(C)(C)COC(=O)O. The van der Waals surface area contributed by atoms with Gasteiger partial charge in [0.1, 0.15) is 12.3 Å². The van der Waals surface area contributed by atoms with Crippen LogP contribution in [-0.4, -0.2) is 57.9 Å².